The summed E-state index contributed by atoms with van der Waals surface area (Å²) in [5, 5.41) is 5.71. The number of hydrazone groups is 1. The number of hydrogen-bond acceptors (Lipinski definition) is 4. The van der Waals surface area contributed by atoms with E-state index in [0.717, 1.165) is 16.3 Å². The highest BCUT2D eigenvalue weighted by Crippen LogP contribution is 2.30. The molecule has 3 rings (SSSR count). The van der Waals surface area contributed by atoms with Crippen LogP contribution < -0.4 is 5.43 Å². The number of hydrogen-bond donors (Lipinski definition) is 1. The van der Waals surface area contributed by atoms with Crippen LogP contribution in [0.3, 0.4) is 0 Å². The first-order valence-electron chi connectivity index (χ1n) is 5.71. The van der Waals surface area contributed by atoms with Crippen LogP contribution in [0, 0.1) is 0 Å². The highest BCUT2D eigenvalue weighted by atomic mass is 16.5. The van der Waals surface area contributed by atoms with Crippen molar-refractivity contribution in [1.29, 1.82) is 0 Å². The maximum Gasteiger partial charge on any atom is 0.427 e. The van der Waals surface area contributed by atoms with Gasteiger partial charge in [0.25, 0.3) is 0 Å². The summed E-state index contributed by atoms with van der Waals surface area (Å²) in [5.74, 6) is -0.191. The number of nitrogens with one attached hydrogen (secondary N) is 1. The zero-order valence-electron chi connectivity index (χ0n) is 10.1. The van der Waals surface area contributed by atoms with Gasteiger partial charge in [-0.25, -0.2) is 10.2 Å². The number of ketones is 1. The Morgan fingerprint density at radius 2 is 1.84 bits per heavy atom. The van der Waals surface area contributed by atoms with Gasteiger partial charge in [0.05, 0.1) is 7.11 Å². The SMILES string of the molecule is COC(=O)N/N=C1\C(=O)c2cccc3cccc1c23. The molecule has 1 aliphatic carbocycles. The molecule has 0 bridgehead atoms. The number of Topliss-reactive ketones (excluding diaryl/α,β-unsaturated/α-hetero) is 1. The molecule has 19 heavy (non-hydrogen) atoms. The van der Waals surface area contributed by atoms with Gasteiger partial charge in [0.1, 0.15) is 5.71 Å². The highest BCUT2D eigenvalue weighted by Gasteiger charge is 2.28. The van der Waals surface area contributed by atoms with E-state index in [4.69, 9.17) is 0 Å². The third kappa shape index (κ3) is 1.67. The van der Waals surface area contributed by atoms with Crippen molar-refractivity contribution in [2.24, 2.45) is 5.10 Å². The quantitative estimate of drug-likeness (QED) is 0.792. The Balaban J connectivity index is 2.15. The van der Waals surface area contributed by atoms with Crippen LogP contribution in [0.4, 0.5) is 4.79 Å². The minimum absolute atomic E-state index is 0.191. The standard InChI is InChI=1S/C14H10N2O3/c1-19-14(18)16-15-12-9-6-2-4-8-5-3-7-10(11(8)9)13(12)17/h2-7H,1H3,(H,16,18)/b15-12-. The summed E-state index contributed by atoms with van der Waals surface area (Å²) in [6, 6.07) is 11.1. The number of amides is 1. The third-order valence-electron chi connectivity index (χ3n) is 3.06. The zero-order valence-corrected chi connectivity index (χ0v) is 10.1. The summed E-state index contributed by atoms with van der Waals surface area (Å²) < 4.78 is 4.43. The average molecular weight is 254 g/mol. The van der Waals surface area contributed by atoms with Crippen molar-refractivity contribution in [1.82, 2.24) is 5.43 Å². The van der Waals surface area contributed by atoms with E-state index < -0.39 is 6.09 Å². The molecule has 0 saturated carbocycles. The van der Waals surface area contributed by atoms with Crippen LogP contribution in [0.1, 0.15) is 15.9 Å². The van der Waals surface area contributed by atoms with Crippen LogP contribution in [-0.4, -0.2) is 24.7 Å². The number of ether oxygens (including phenoxy) is 1. The van der Waals surface area contributed by atoms with E-state index in [0.29, 0.717) is 5.56 Å². The Labute approximate surface area is 108 Å². The Morgan fingerprint density at radius 3 is 2.53 bits per heavy atom. The van der Waals surface area contributed by atoms with E-state index in [-0.39, 0.29) is 11.5 Å². The van der Waals surface area contributed by atoms with Gasteiger partial charge in [-0.05, 0) is 5.39 Å². The molecule has 0 unspecified atom stereocenters. The van der Waals surface area contributed by atoms with Crippen LogP contribution in [0.25, 0.3) is 10.8 Å². The molecular weight excluding hydrogens is 244 g/mol. The molecule has 0 saturated heterocycles. The molecule has 2 aromatic rings. The van der Waals surface area contributed by atoms with Crippen molar-refractivity contribution in [3.63, 3.8) is 0 Å². The Hall–Kier alpha value is -2.69. The van der Waals surface area contributed by atoms with E-state index >= 15 is 0 Å². The van der Waals surface area contributed by atoms with Gasteiger partial charge in [-0.3, -0.25) is 4.79 Å². The summed E-state index contributed by atoms with van der Waals surface area (Å²) in [6.45, 7) is 0. The predicted molar refractivity (Wildman–Crippen MR) is 70.4 cm³/mol. The maximum absolute atomic E-state index is 12.3. The van der Waals surface area contributed by atoms with Gasteiger partial charge in [0.2, 0.25) is 5.78 Å². The number of nitrogens with zero attached hydrogens (tertiary/aromatic N) is 1. The molecule has 1 aliphatic rings. The normalized spacial score (nSPS) is 15.0. The van der Waals surface area contributed by atoms with E-state index in [1.165, 1.54) is 7.11 Å². The monoisotopic (exact) mass is 254 g/mol. The lowest BCUT2D eigenvalue weighted by Crippen LogP contribution is -2.21. The van der Waals surface area contributed by atoms with Crippen molar-refractivity contribution < 1.29 is 14.3 Å². The van der Waals surface area contributed by atoms with Gasteiger partial charge in [0.15, 0.2) is 0 Å². The lowest BCUT2D eigenvalue weighted by molar-refractivity contribution is 0.106. The first kappa shape index (κ1) is 11.4. The van der Waals surface area contributed by atoms with Gasteiger partial charge in [-0.2, -0.15) is 5.10 Å². The number of rotatable bonds is 1. The summed E-state index contributed by atoms with van der Waals surface area (Å²) in [6.07, 6.45) is -0.705. The molecule has 0 spiro atoms. The molecule has 0 atom stereocenters. The Morgan fingerprint density at radius 1 is 1.16 bits per heavy atom. The maximum atomic E-state index is 12.3. The largest absolute Gasteiger partial charge is 0.452 e. The topological polar surface area (TPSA) is 67.8 Å². The molecule has 1 amide bonds. The van der Waals surface area contributed by atoms with Gasteiger partial charge in [-0.15, -0.1) is 0 Å². The molecule has 5 heteroatoms. The van der Waals surface area contributed by atoms with Crippen LogP contribution in [0.15, 0.2) is 41.5 Å². The average Bonchev–Trinajstić information content (AvgIpc) is 2.72. The number of carbonyl (C=O) groups is 2. The molecule has 0 fully saturated rings. The molecule has 0 radical (unpaired) electrons. The van der Waals surface area contributed by atoms with E-state index in [9.17, 15) is 9.59 Å². The number of methoxy groups -OCH3 is 1. The van der Waals surface area contributed by atoms with Gasteiger partial charge >= 0.3 is 6.09 Å². The lowest BCUT2D eigenvalue weighted by atomic mass is 10.1. The second kappa shape index (κ2) is 4.20. The number of carbonyl (C=O) groups excluding carboxylic acids is 2. The number of benzene rings is 2. The van der Waals surface area contributed by atoms with E-state index in [1.54, 1.807) is 6.07 Å². The zero-order chi connectivity index (χ0) is 13.4. The van der Waals surface area contributed by atoms with Crippen LogP contribution >= 0.6 is 0 Å². The van der Waals surface area contributed by atoms with Crippen LogP contribution in [0.5, 0.6) is 0 Å². The van der Waals surface area contributed by atoms with Crippen molar-refractivity contribution in [2.45, 2.75) is 0 Å². The van der Waals surface area contributed by atoms with Gasteiger partial charge < -0.3 is 4.74 Å². The lowest BCUT2D eigenvalue weighted by Gasteiger charge is -2.00. The van der Waals surface area contributed by atoms with Crippen molar-refractivity contribution in [3.05, 3.63) is 47.5 Å². The fourth-order valence-corrected chi connectivity index (χ4v) is 2.24. The summed E-state index contributed by atoms with van der Waals surface area (Å²) in [7, 11) is 1.24. The molecular formula is C14H10N2O3. The molecule has 0 heterocycles. The summed E-state index contributed by atoms with van der Waals surface area (Å²) >= 11 is 0. The van der Waals surface area contributed by atoms with Crippen LogP contribution in [-0.2, 0) is 4.74 Å². The van der Waals surface area contributed by atoms with Gasteiger partial charge in [0, 0.05) is 16.5 Å². The second-order valence-corrected chi connectivity index (χ2v) is 4.10. The smallest absolute Gasteiger partial charge is 0.427 e. The van der Waals surface area contributed by atoms with Gasteiger partial charge in [-0.1, -0.05) is 36.4 Å². The molecule has 94 valence electrons. The second-order valence-electron chi connectivity index (χ2n) is 4.10. The van der Waals surface area contributed by atoms with E-state index in [1.807, 2.05) is 30.3 Å². The predicted octanol–water partition coefficient (Wildman–Crippen LogP) is 2.10. The molecule has 2 aromatic carbocycles. The molecule has 1 N–H and O–H groups in total. The Bertz CT molecular complexity index is 729. The highest BCUT2D eigenvalue weighted by molar-refractivity contribution is 6.59. The first-order chi connectivity index (χ1) is 9.22. The van der Waals surface area contributed by atoms with Crippen molar-refractivity contribution in [2.75, 3.05) is 7.11 Å². The van der Waals surface area contributed by atoms with E-state index in [2.05, 4.69) is 15.3 Å². The first-order valence-corrected chi connectivity index (χ1v) is 5.71. The van der Waals surface area contributed by atoms with Crippen LogP contribution in [0.2, 0.25) is 0 Å². The van der Waals surface area contributed by atoms with Crippen molar-refractivity contribution >= 4 is 28.4 Å². The molecule has 5 nitrogen and oxygen atoms in total. The molecule has 0 aliphatic heterocycles. The minimum atomic E-state index is -0.705. The third-order valence-corrected chi connectivity index (χ3v) is 3.06. The summed E-state index contributed by atoms with van der Waals surface area (Å²) in [5.41, 5.74) is 3.76. The Kier molecular flexibility index (Phi) is 2.52. The minimum Gasteiger partial charge on any atom is -0.452 e. The summed E-state index contributed by atoms with van der Waals surface area (Å²) in [4.78, 5) is 23.3. The fraction of sp³-hybridized carbons (Fsp3) is 0.0714. The molecule has 0 aromatic heterocycles. The van der Waals surface area contributed by atoms with Crippen molar-refractivity contribution in [3.8, 4) is 0 Å². The fourth-order valence-electron chi connectivity index (χ4n) is 2.24.